The maximum atomic E-state index is 3.65. The second-order valence-electron chi connectivity index (χ2n) is 4.12. The Hall–Kier alpha value is 0.01000. The van der Waals surface area contributed by atoms with Crippen LogP contribution >= 0.6 is 23.1 Å². The van der Waals surface area contributed by atoms with Gasteiger partial charge < -0.3 is 5.32 Å². The minimum atomic E-state index is 0.694. The van der Waals surface area contributed by atoms with E-state index in [4.69, 9.17) is 0 Å². The van der Waals surface area contributed by atoms with Gasteiger partial charge in [-0.3, -0.25) is 0 Å². The zero-order valence-corrected chi connectivity index (χ0v) is 10.9. The van der Waals surface area contributed by atoms with Crippen LogP contribution in [0.2, 0.25) is 0 Å². The average Bonchev–Trinajstić information content (AvgIpc) is 2.89. The van der Waals surface area contributed by atoms with Crippen LogP contribution in [0.4, 0.5) is 0 Å². The third-order valence-electron chi connectivity index (χ3n) is 3.04. The molecule has 15 heavy (non-hydrogen) atoms. The second-order valence-corrected chi connectivity index (χ2v) is 6.05. The summed E-state index contributed by atoms with van der Waals surface area (Å²) in [5.74, 6) is 3.59. The van der Waals surface area contributed by atoms with Gasteiger partial charge in [0.25, 0.3) is 0 Å². The minimum absolute atomic E-state index is 0.694. The number of nitrogens with one attached hydrogen (secondary N) is 1. The number of thiophene rings is 1. The molecule has 84 valence electrons. The smallest absolute Gasteiger partial charge is 0.0144 e. The Kier molecular flexibility index (Phi) is 4.54. The van der Waals surface area contributed by atoms with Gasteiger partial charge in [-0.2, -0.15) is 23.1 Å². The van der Waals surface area contributed by atoms with E-state index >= 15 is 0 Å². The number of hydrogen-bond acceptors (Lipinski definition) is 3. The molecule has 0 amide bonds. The van der Waals surface area contributed by atoms with E-state index in [9.17, 15) is 0 Å². The molecule has 2 atom stereocenters. The van der Waals surface area contributed by atoms with Crippen molar-refractivity contribution in [2.75, 3.05) is 18.1 Å². The molecule has 1 aliphatic heterocycles. The van der Waals surface area contributed by atoms with Gasteiger partial charge in [-0.15, -0.1) is 0 Å². The van der Waals surface area contributed by atoms with Crippen LogP contribution in [0.15, 0.2) is 16.8 Å². The molecule has 1 N–H and O–H groups in total. The molecule has 0 aromatic carbocycles. The summed E-state index contributed by atoms with van der Waals surface area (Å²) in [6.07, 6.45) is 2.61. The molecular formula is C12H19NS2. The van der Waals surface area contributed by atoms with Crippen molar-refractivity contribution in [3.05, 3.63) is 22.4 Å². The van der Waals surface area contributed by atoms with Crippen molar-refractivity contribution < 1.29 is 0 Å². The molecule has 2 heterocycles. The van der Waals surface area contributed by atoms with Crippen molar-refractivity contribution in [1.29, 1.82) is 0 Å². The zero-order chi connectivity index (χ0) is 10.5. The van der Waals surface area contributed by atoms with Crippen LogP contribution in [0, 0.1) is 5.92 Å². The van der Waals surface area contributed by atoms with Crippen LogP contribution in [0.3, 0.4) is 0 Å². The van der Waals surface area contributed by atoms with Crippen molar-refractivity contribution >= 4 is 23.1 Å². The molecule has 3 heteroatoms. The van der Waals surface area contributed by atoms with E-state index in [-0.39, 0.29) is 0 Å². The first kappa shape index (κ1) is 11.5. The Balaban J connectivity index is 1.93. The normalized spacial score (nSPS) is 23.1. The van der Waals surface area contributed by atoms with E-state index in [2.05, 4.69) is 40.8 Å². The van der Waals surface area contributed by atoms with E-state index in [1.165, 1.54) is 29.9 Å². The van der Waals surface area contributed by atoms with Gasteiger partial charge in [-0.25, -0.2) is 0 Å². The number of rotatable bonds is 5. The Morgan fingerprint density at radius 2 is 2.53 bits per heavy atom. The molecule has 1 saturated heterocycles. The van der Waals surface area contributed by atoms with Gasteiger partial charge in [0.05, 0.1) is 0 Å². The highest BCUT2D eigenvalue weighted by Crippen LogP contribution is 2.28. The Labute approximate surface area is 101 Å². The first-order valence-electron chi connectivity index (χ1n) is 5.72. The van der Waals surface area contributed by atoms with Crippen LogP contribution in [0.5, 0.6) is 0 Å². The molecule has 1 aromatic heterocycles. The Morgan fingerprint density at radius 3 is 3.13 bits per heavy atom. The predicted molar refractivity (Wildman–Crippen MR) is 70.9 cm³/mol. The van der Waals surface area contributed by atoms with Crippen molar-refractivity contribution in [2.24, 2.45) is 5.92 Å². The maximum Gasteiger partial charge on any atom is 0.0144 e. The third-order valence-corrected chi connectivity index (χ3v) is 4.96. The second kappa shape index (κ2) is 5.92. The summed E-state index contributed by atoms with van der Waals surface area (Å²) in [7, 11) is 0. The van der Waals surface area contributed by atoms with Crippen LogP contribution in [-0.2, 0) is 6.42 Å². The summed E-state index contributed by atoms with van der Waals surface area (Å²) in [6, 6.07) is 2.96. The summed E-state index contributed by atoms with van der Waals surface area (Å²) in [4.78, 5) is 0. The zero-order valence-electron chi connectivity index (χ0n) is 9.24. The lowest BCUT2D eigenvalue weighted by molar-refractivity contribution is 0.387. The molecule has 2 rings (SSSR count). The molecule has 0 radical (unpaired) electrons. The van der Waals surface area contributed by atoms with E-state index in [1.807, 2.05) is 11.3 Å². The van der Waals surface area contributed by atoms with E-state index in [0.717, 1.165) is 12.5 Å². The quantitative estimate of drug-likeness (QED) is 0.850. The van der Waals surface area contributed by atoms with Crippen molar-refractivity contribution in [2.45, 2.75) is 25.8 Å². The molecule has 2 unspecified atom stereocenters. The summed E-state index contributed by atoms with van der Waals surface area (Å²) < 4.78 is 0. The van der Waals surface area contributed by atoms with E-state index in [1.54, 1.807) is 0 Å². The van der Waals surface area contributed by atoms with Gasteiger partial charge in [0.1, 0.15) is 0 Å². The van der Waals surface area contributed by atoms with Gasteiger partial charge in [-0.05, 0) is 59.2 Å². The van der Waals surface area contributed by atoms with Crippen molar-refractivity contribution in [3.8, 4) is 0 Å². The molecule has 0 spiro atoms. The number of likely N-dealkylation sites (N-methyl/N-ethyl adjacent to an activating group) is 1. The van der Waals surface area contributed by atoms with E-state index in [0.29, 0.717) is 6.04 Å². The molecule has 1 fully saturated rings. The Morgan fingerprint density at radius 1 is 1.60 bits per heavy atom. The van der Waals surface area contributed by atoms with Gasteiger partial charge >= 0.3 is 0 Å². The van der Waals surface area contributed by atoms with Gasteiger partial charge in [0.15, 0.2) is 0 Å². The van der Waals surface area contributed by atoms with Crippen LogP contribution < -0.4 is 5.32 Å². The van der Waals surface area contributed by atoms with Crippen molar-refractivity contribution in [3.63, 3.8) is 0 Å². The predicted octanol–water partition coefficient (Wildman–Crippen LogP) is 3.02. The summed E-state index contributed by atoms with van der Waals surface area (Å²) in [5, 5.41) is 8.12. The number of thioether (sulfide) groups is 1. The summed E-state index contributed by atoms with van der Waals surface area (Å²) in [6.45, 7) is 3.30. The fourth-order valence-electron chi connectivity index (χ4n) is 2.20. The SMILES string of the molecule is CCNC(Cc1ccsc1)C1CCSC1. The standard InChI is InChI=1S/C12H19NS2/c1-2-13-12(11-4-6-15-9-11)7-10-3-5-14-8-10/h3,5,8,11-13H,2,4,6-7,9H2,1H3. The summed E-state index contributed by atoms with van der Waals surface area (Å²) in [5.41, 5.74) is 1.50. The molecule has 1 aliphatic rings. The fourth-order valence-corrected chi connectivity index (χ4v) is 4.22. The first-order valence-corrected chi connectivity index (χ1v) is 7.82. The minimum Gasteiger partial charge on any atom is -0.314 e. The van der Waals surface area contributed by atoms with Crippen LogP contribution in [0.1, 0.15) is 18.9 Å². The highest BCUT2D eigenvalue weighted by Gasteiger charge is 2.24. The first-order chi connectivity index (χ1) is 7.40. The maximum absolute atomic E-state index is 3.65. The largest absolute Gasteiger partial charge is 0.314 e. The van der Waals surface area contributed by atoms with Gasteiger partial charge in [-0.1, -0.05) is 6.92 Å². The fraction of sp³-hybridized carbons (Fsp3) is 0.667. The molecule has 1 aromatic rings. The lowest BCUT2D eigenvalue weighted by Crippen LogP contribution is -2.38. The summed E-state index contributed by atoms with van der Waals surface area (Å²) >= 11 is 3.92. The lowest BCUT2D eigenvalue weighted by Gasteiger charge is -2.23. The van der Waals surface area contributed by atoms with E-state index < -0.39 is 0 Å². The average molecular weight is 241 g/mol. The van der Waals surface area contributed by atoms with Crippen LogP contribution in [-0.4, -0.2) is 24.1 Å². The van der Waals surface area contributed by atoms with Gasteiger partial charge in [0, 0.05) is 6.04 Å². The molecule has 1 nitrogen and oxygen atoms in total. The highest BCUT2D eigenvalue weighted by atomic mass is 32.2. The topological polar surface area (TPSA) is 12.0 Å². The monoisotopic (exact) mass is 241 g/mol. The number of hydrogen-bond donors (Lipinski definition) is 1. The lowest BCUT2D eigenvalue weighted by atomic mass is 9.94. The molecule has 0 aliphatic carbocycles. The van der Waals surface area contributed by atoms with Crippen LogP contribution in [0.25, 0.3) is 0 Å². The third kappa shape index (κ3) is 3.23. The molecule has 0 bridgehead atoms. The Bertz CT molecular complexity index is 265. The highest BCUT2D eigenvalue weighted by molar-refractivity contribution is 7.99. The molecule has 0 saturated carbocycles. The molecular weight excluding hydrogens is 222 g/mol. The van der Waals surface area contributed by atoms with Gasteiger partial charge in [0.2, 0.25) is 0 Å². The van der Waals surface area contributed by atoms with Crippen molar-refractivity contribution in [1.82, 2.24) is 5.32 Å².